The van der Waals surface area contributed by atoms with Crippen LogP contribution in [0.15, 0.2) is 29.3 Å². The summed E-state index contributed by atoms with van der Waals surface area (Å²) in [7, 11) is 1.58. The first-order valence-corrected chi connectivity index (χ1v) is 9.01. The fourth-order valence-corrected chi connectivity index (χ4v) is 2.77. The molecule has 0 unspecified atom stereocenters. The number of hydrogen-bond acceptors (Lipinski definition) is 3. The highest BCUT2D eigenvalue weighted by molar-refractivity contribution is 5.79. The van der Waals surface area contributed by atoms with Gasteiger partial charge in [-0.2, -0.15) is 18.3 Å². The van der Waals surface area contributed by atoms with Crippen LogP contribution in [0.3, 0.4) is 0 Å². The zero-order valence-corrected chi connectivity index (χ0v) is 16.5. The van der Waals surface area contributed by atoms with Gasteiger partial charge in [-0.05, 0) is 44.5 Å². The molecular weight excluding hydrogens is 371 g/mol. The van der Waals surface area contributed by atoms with Crippen molar-refractivity contribution in [1.29, 1.82) is 0 Å². The van der Waals surface area contributed by atoms with E-state index in [1.165, 1.54) is 10.7 Å². The van der Waals surface area contributed by atoms with Crippen LogP contribution in [0.2, 0.25) is 0 Å². The maximum Gasteiger partial charge on any atom is 0.416 e. The summed E-state index contributed by atoms with van der Waals surface area (Å²) in [5.41, 5.74) is 1.27. The van der Waals surface area contributed by atoms with E-state index in [-0.39, 0.29) is 12.1 Å². The van der Waals surface area contributed by atoms with Gasteiger partial charge in [-0.1, -0.05) is 6.07 Å². The molecule has 0 bridgehead atoms. The van der Waals surface area contributed by atoms with Crippen molar-refractivity contribution < 1.29 is 17.9 Å². The highest BCUT2D eigenvalue weighted by Crippen LogP contribution is 2.34. The van der Waals surface area contributed by atoms with Crippen molar-refractivity contribution in [1.82, 2.24) is 20.4 Å². The number of alkyl halides is 3. The van der Waals surface area contributed by atoms with E-state index in [9.17, 15) is 13.2 Å². The maximum atomic E-state index is 13.6. The summed E-state index contributed by atoms with van der Waals surface area (Å²) in [4.78, 5) is 4.27. The monoisotopic (exact) mass is 397 g/mol. The van der Waals surface area contributed by atoms with Crippen LogP contribution in [0.5, 0.6) is 0 Å². The molecule has 0 amide bonds. The van der Waals surface area contributed by atoms with Gasteiger partial charge in [-0.3, -0.25) is 0 Å². The Hall–Kier alpha value is -2.55. The molecule has 1 aromatic heterocycles. The SMILES string of the molecule is CCNC(=NCc1ccc(-n2nc(C)cc2C)cc1C(F)(F)F)NCCOC. The van der Waals surface area contributed by atoms with Gasteiger partial charge in [0.15, 0.2) is 5.96 Å². The second-order valence-electron chi connectivity index (χ2n) is 6.29. The van der Waals surface area contributed by atoms with Crippen molar-refractivity contribution in [2.24, 2.45) is 4.99 Å². The number of hydrogen-bond donors (Lipinski definition) is 2. The van der Waals surface area contributed by atoms with Crippen LogP contribution in [-0.4, -0.2) is 42.5 Å². The number of rotatable bonds is 7. The first-order valence-electron chi connectivity index (χ1n) is 9.01. The Bertz CT molecular complexity index is 814. The third-order valence-electron chi connectivity index (χ3n) is 4.00. The van der Waals surface area contributed by atoms with Crippen molar-refractivity contribution >= 4 is 5.96 Å². The van der Waals surface area contributed by atoms with Crippen molar-refractivity contribution in [2.75, 3.05) is 26.8 Å². The van der Waals surface area contributed by atoms with Crippen molar-refractivity contribution in [3.05, 3.63) is 46.8 Å². The number of aliphatic imine (C=N–C) groups is 1. The minimum Gasteiger partial charge on any atom is -0.383 e. The molecule has 0 atom stereocenters. The summed E-state index contributed by atoms with van der Waals surface area (Å²) in [6, 6.07) is 6.02. The minimum atomic E-state index is -4.49. The Morgan fingerprint density at radius 3 is 2.54 bits per heavy atom. The predicted molar refractivity (Wildman–Crippen MR) is 103 cm³/mol. The molecule has 28 heavy (non-hydrogen) atoms. The summed E-state index contributed by atoms with van der Waals surface area (Å²) < 4.78 is 47.4. The molecule has 1 heterocycles. The van der Waals surface area contributed by atoms with E-state index < -0.39 is 11.7 Å². The van der Waals surface area contributed by atoms with Gasteiger partial charge >= 0.3 is 6.18 Å². The summed E-state index contributed by atoms with van der Waals surface area (Å²) >= 11 is 0. The molecule has 0 radical (unpaired) electrons. The zero-order valence-electron chi connectivity index (χ0n) is 16.5. The summed E-state index contributed by atoms with van der Waals surface area (Å²) in [5.74, 6) is 0.440. The Kier molecular flexibility index (Phi) is 7.45. The molecule has 2 N–H and O–H groups in total. The summed E-state index contributed by atoms with van der Waals surface area (Å²) in [6.45, 7) is 6.96. The Balaban J connectivity index is 2.32. The third-order valence-corrected chi connectivity index (χ3v) is 4.00. The average molecular weight is 397 g/mol. The topological polar surface area (TPSA) is 63.5 Å². The Morgan fingerprint density at radius 2 is 1.96 bits per heavy atom. The van der Waals surface area contributed by atoms with Gasteiger partial charge < -0.3 is 15.4 Å². The van der Waals surface area contributed by atoms with E-state index in [1.54, 1.807) is 27.0 Å². The number of ether oxygens (including phenoxy) is 1. The number of methoxy groups -OCH3 is 1. The molecule has 0 spiro atoms. The van der Waals surface area contributed by atoms with Crippen LogP contribution >= 0.6 is 0 Å². The van der Waals surface area contributed by atoms with Crippen LogP contribution < -0.4 is 10.6 Å². The number of guanidine groups is 1. The number of nitrogens with zero attached hydrogens (tertiary/aromatic N) is 3. The molecule has 9 heteroatoms. The molecule has 2 aromatic rings. The van der Waals surface area contributed by atoms with Crippen LogP contribution in [-0.2, 0) is 17.5 Å². The molecule has 0 aliphatic carbocycles. The standard InChI is InChI=1S/C19H26F3N5O/c1-5-23-18(24-8-9-28-4)25-12-15-6-7-16(11-17(15)19(20,21)22)27-14(3)10-13(2)26-27/h6-7,10-11H,5,8-9,12H2,1-4H3,(H2,23,24,25). The van der Waals surface area contributed by atoms with Gasteiger partial charge in [-0.25, -0.2) is 9.67 Å². The quantitative estimate of drug-likeness (QED) is 0.428. The van der Waals surface area contributed by atoms with Crippen LogP contribution in [0.25, 0.3) is 5.69 Å². The van der Waals surface area contributed by atoms with Crippen molar-refractivity contribution in [3.8, 4) is 5.69 Å². The number of benzene rings is 1. The van der Waals surface area contributed by atoms with Crippen molar-refractivity contribution in [3.63, 3.8) is 0 Å². The van der Waals surface area contributed by atoms with Gasteiger partial charge in [0.25, 0.3) is 0 Å². The lowest BCUT2D eigenvalue weighted by molar-refractivity contribution is -0.138. The molecule has 1 aromatic carbocycles. The van der Waals surface area contributed by atoms with Crippen LogP contribution in [0, 0.1) is 13.8 Å². The number of aryl methyl sites for hydroxylation is 2. The van der Waals surface area contributed by atoms with E-state index in [0.29, 0.717) is 31.3 Å². The van der Waals surface area contributed by atoms with E-state index in [0.717, 1.165) is 17.5 Å². The average Bonchev–Trinajstić information content (AvgIpc) is 2.97. The highest BCUT2D eigenvalue weighted by Gasteiger charge is 2.33. The summed E-state index contributed by atoms with van der Waals surface area (Å²) in [5, 5.41) is 10.3. The third kappa shape index (κ3) is 5.72. The second kappa shape index (κ2) is 9.59. The van der Waals surface area contributed by atoms with Gasteiger partial charge in [0.2, 0.25) is 0 Å². The molecule has 0 aliphatic heterocycles. The van der Waals surface area contributed by atoms with E-state index >= 15 is 0 Å². The van der Waals surface area contributed by atoms with E-state index in [2.05, 4.69) is 20.7 Å². The van der Waals surface area contributed by atoms with Gasteiger partial charge in [-0.15, -0.1) is 0 Å². The van der Waals surface area contributed by atoms with E-state index in [4.69, 9.17) is 4.74 Å². The second-order valence-corrected chi connectivity index (χ2v) is 6.29. The minimum absolute atomic E-state index is 0.0988. The fourth-order valence-electron chi connectivity index (χ4n) is 2.77. The number of aromatic nitrogens is 2. The fraction of sp³-hybridized carbons (Fsp3) is 0.474. The molecule has 0 saturated carbocycles. The molecule has 0 saturated heterocycles. The molecule has 154 valence electrons. The van der Waals surface area contributed by atoms with Crippen molar-refractivity contribution in [2.45, 2.75) is 33.5 Å². The van der Waals surface area contributed by atoms with Crippen LogP contribution in [0.4, 0.5) is 13.2 Å². The lowest BCUT2D eigenvalue weighted by atomic mass is 10.1. The van der Waals surface area contributed by atoms with Gasteiger partial charge in [0.1, 0.15) is 0 Å². The molecule has 0 aliphatic rings. The molecular formula is C19H26F3N5O. The highest BCUT2D eigenvalue weighted by atomic mass is 19.4. The normalized spacial score (nSPS) is 12.3. The summed E-state index contributed by atoms with van der Waals surface area (Å²) in [6.07, 6.45) is -4.49. The van der Waals surface area contributed by atoms with E-state index in [1.807, 2.05) is 13.0 Å². The lowest BCUT2D eigenvalue weighted by Crippen LogP contribution is -2.38. The molecule has 2 rings (SSSR count). The maximum absolute atomic E-state index is 13.6. The lowest BCUT2D eigenvalue weighted by Gasteiger charge is -2.15. The smallest absolute Gasteiger partial charge is 0.383 e. The van der Waals surface area contributed by atoms with Crippen LogP contribution in [0.1, 0.15) is 29.4 Å². The van der Waals surface area contributed by atoms with Gasteiger partial charge in [0, 0.05) is 25.9 Å². The number of halogens is 3. The number of nitrogens with one attached hydrogen (secondary N) is 2. The molecule has 6 nitrogen and oxygen atoms in total. The molecule has 0 fully saturated rings. The Labute approximate surface area is 162 Å². The Morgan fingerprint density at radius 1 is 1.21 bits per heavy atom. The zero-order chi connectivity index (χ0) is 20.7. The van der Waals surface area contributed by atoms with Gasteiger partial charge in [0.05, 0.1) is 30.1 Å². The predicted octanol–water partition coefficient (Wildman–Crippen LogP) is 3.21. The first kappa shape index (κ1) is 21.7. The first-order chi connectivity index (χ1) is 13.3. The largest absolute Gasteiger partial charge is 0.416 e.